The van der Waals surface area contributed by atoms with E-state index >= 15 is 0 Å². The van der Waals surface area contributed by atoms with Crippen LogP contribution in [0.3, 0.4) is 0 Å². The monoisotopic (exact) mass is 405 g/mol. The normalized spacial score (nSPS) is 14.5. The average Bonchev–Trinajstić information content (AvgIpc) is 3.18. The number of aryl methyl sites for hydroxylation is 1. The molecule has 0 aliphatic carbocycles. The third-order valence-corrected chi connectivity index (χ3v) is 5.37. The van der Waals surface area contributed by atoms with Crippen LogP contribution in [0.4, 0.5) is 17.3 Å². The van der Waals surface area contributed by atoms with Crippen molar-refractivity contribution in [1.82, 2.24) is 25.1 Å². The number of piperidine rings is 1. The van der Waals surface area contributed by atoms with Crippen molar-refractivity contribution in [3.8, 4) is 0 Å². The summed E-state index contributed by atoms with van der Waals surface area (Å²) in [4.78, 5) is 23.1. The molecule has 0 spiro atoms. The zero-order valence-electron chi connectivity index (χ0n) is 17.1. The SMILES string of the molecule is Cc1cc(Nc2cc(CC3CCN(C(=O)CNc4ccccc4)CC3)ncn2)n[nH]1. The van der Waals surface area contributed by atoms with E-state index in [0.29, 0.717) is 12.5 Å². The van der Waals surface area contributed by atoms with Gasteiger partial charge in [0.2, 0.25) is 5.91 Å². The van der Waals surface area contributed by atoms with Gasteiger partial charge < -0.3 is 15.5 Å². The number of nitrogens with one attached hydrogen (secondary N) is 3. The summed E-state index contributed by atoms with van der Waals surface area (Å²) in [5.41, 5.74) is 2.97. The molecule has 1 saturated heterocycles. The minimum Gasteiger partial charge on any atom is -0.376 e. The van der Waals surface area contributed by atoms with Gasteiger partial charge in [-0.1, -0.05) is 18.2 Å². The molecule has 1 aliphatic heterocycles. The summed E-state index contributed by atoms with van der Waals surface area (Å²) < 4.78 is 0. The van der Waals surface area contributed by atoms with Gasteiger partial charge in [-0.05, 0) is 44.2 Å². The number of carbonyl (C=O) groups is 1. The fourth-order valence-electron chi connectivity index (χ4n) is 3.72. The predicted molar refractivity (Wildman–Crippen MR) is 117 cm³/mol. The number of anilines is 3. The zero-order chi connectivity index (χ0) is 20.8. The van der Waals surface area contributed by atoms with E-state index in [4.69, 9.17) is 0 Å². The van der Waals surface area contributed by atoms with E-state index in [1.54, 1.807) is 6.33 Å². The summed E-state index contributed by atoms with van der Waals surface area (Å²) in [5.74, 6) is 2.16. The number of amides is 1. The molecular weight excluding hydrogens is 378 g/mol. The Kier molecular flexibility index (Phi) is 6.22. The van der Waals surface area contributed by atoms with Crippen molar-refractivity contribution in [2.24, 2.45) is 5.92 Å². The smallest absolute Gasteiger partial charge is 0.241 e. The molecule has 0 saturated carbocycles. The molecule has 2 aromatic heterocycles. The van der Waals surface area contributed by atoms with Crippen LogP contribution in [0.2, 0.25) is 0 Å². The fourth-order valence-corrected chi connectivity index (χ4v) is 3.72. The Morgan fingerprint density at radius 3 is 2.67 bits per heavy atom. The molecule has 4 rings (SSSR count). The van der Waals surface area contributed by atoms with Crippen LogP contribution in [-0.4, -0.2) is 50.6 Å². The van der Waals surface area contributed by atoms with Gasteiger partial charge in [-0.2, -0.15) is 5.10 Å². The zero-order valence-corrected chi connectivity index (χ0v) is 17.1. The highest BCUT2D eigenvalue weighted by atomic mass is 16.2. The standard InChI is InChI=1S/C22H27N7O/c1-16-11-21(28-27-16)26-20-13-19(24-15-25-20)12-17-7-9-29(10-8-17)22(30)14-23-18-5-3-2-4-6-18/h2-6,11,13,15,17,23H,7-10,12,14H2,1H3,(H2,24,25,26,27,28). The molecule has 30 heavy (non-hydrogen) atoms. The molecule has 0 bridgehead atoms. The topological polar surface area (TPSA) is 98.8 Å². The molecule has 3 N–H and O–H groups in total. The van der Waals surface area contributed by atoms with Crippen LogP contribution in [0.5, 0.6) is 0 Å². The van der Waals surface area contributed by atoms with Crippen molar-refractivity contribution in [3.05, 3.63) is 60.2 Å². The maximum absolute atomic E-state index is 12.5. The Balaban J connectivity index is 1.24. The first-order valence-electron chi connectivity index (χ1n) is 10.3. The van der Waals surface area contributed by atoms with Crippen LogP contribution in [0.15, 0.2) is 48.8 Å². The third kappa shape index (κ3) is 5.34. The summed E-state index contributed by atoms with van der Waals surface area (Å²) in [6.07, 6.45) is 4.46. The summed E-state index contributed by atoms with van der Waals surface area (Å²) in [6, 6.07) is 13.7. The van der Waals surface area contributed by atoms with Gasteiger partial charge in [0.1, 0.15) is 12.1 Å². The van der Waals surface area contributed by atoms with Crippen molar-refractivity contribution < 1.29 is 4.79 Å². The molecule has 0 unspecified atom stereocenters. The predicted octanol–water partition coefficient (Wildman–Crippen LogP) is 3.14. The number of likely N-dealkylation sites (tertiary alicyclic amines) is 1. The quantitative estimate of drug-likeness (QED) is 0.559. The maximum atomic E-state index is 12.5. The van der Waals surface area contributed by atoms with Gasteiger partial charge in [0, 0.05) is 42.3 Å². The minimum absolute atomic E-state index is 0.153. The summed E-state index contributed by atoms with van der Waals surface area (Å²) in [5, 5.41) is 13.5. The molecule has 1 aliphatic rings. The van der Waals surface area contributed by atoms with Crippen molar-refractivity contribution >= 4 is 23.2 Å². The van der Waals surface area contributed by atoms with Crippen LogP contribution in [0.25, 0.3) is 0 Å². The van der Waals surface area contributed by atoms with E-state index in [-0.39, 0.29) is 5.91 Å². The highest BCUT2D eigenvalue weighted by Gasteiger charge is 2.23. The first-order valence-corrected chi connectivity index (χ1v) is 10.3. The van der Waals surface area contributed by atoms with Crippen molar-refractivity contribution in [1.29, 1.82) is 0 Å². The number of benzene rings is 1. The molecule has 1 aromatic carbocycles. The van der Waals surface area contributed by atoms with Gasteiger partial charge in [-0.25, -0.2) is 9.97 Å². The summed E-state index contributed by atoms with van der Waals surface area (Å²) in [6.45, 7) is 3.88. The molecule has 8 nitrogen and oxygen atoms in total. The van der Waals surface area contributed by atoms with Crippen LogP contribution in [0.1, 0.15) is 24.2 Å². The minimum atomic E-state index is 0.153. The molecule has 3 aromatic rings. The van der Waals surface area contributed by atoms with Gasteiger partial charge in [0.05, 0.1) is 6.54 Å². The number of H-pyrrole nitrogens is 1. The molecule has 156 valence electrons. The van der Waals surface area contributed by atoms with Crippen molar-refractivity contribution in [2.45, 2.75) is 26.2 Å². The van der Waals surface area contributed by atoms with E-state index < -0.39 is 0 Å². The number of hydrogen-bond donors (Lipinski definition) is 3. The number of rotatable bonds is 7. The second-order valence-electron chi connectivity index (χ2n) is 7.70. The number of hydrogen-bond acceptors (Lipinski definition) is 6. The first kappa shape index (κ1) is 19.9. The van der Waals surface area contributed by atoms with E-state index in [9.17, 15) is 4.79 Å². The van der Waals surface area contributed by atoms with Crippen LogP contribution in [0, 0.1) is 12.8 Å². The van der Waals surface area contributed by atoms with Crippen LogP contribution >= 0.6 is 0 Å². The third-order valence-electron chi connectivity index (χ3n) is 5.37. The lowest BCUT2D eigenvalue weighted by atomic mass is 9.92. The largest absolute Gasteiger partial charge is 0.376 e. The number of aromatic nitrogens is 4. The Hall–Kier alpha value is -3.42. The maximum Gasteiger partial charge on any atom is 0.241 e. The van der Waals surface area contributed by atoms with Crippen LogP contribution < -0.4 is 10.6 Å². The van der Waals surface area contributed by atoms with Gasteiger partial charge >= 0.3 is 0 Å². The molecular formula is C22H27N7O. The summed E-state index contributed by atoms with van der Waals surface area (Å²) in [7, 11) is 0. The molecule has 0 radical (unpaired) electrons. The van der Waals surface area contributed by atoms with E-state index in [1.807, 2.05) is 54.3 Å². The molecule has 1 fully saturated rings. The van der Waals surface area contributed by atoms with Crippen molar-refractivity contribution in [3.63, 3.8) is 0 Å². The van der Waals surface area contributed by atoms with Gasteiger partial charge in [-0.15, -0.1) is 0 Å². The lowest BCUT2D eigenvalue weighted by Crippen LogP contribution is -2.41. The van der Waals surface area contributed by atoms with E-state index in [0.717, 1.165) is 61.1 Å². The van der Waals surface area contributed by atoms with E-state index in [1.165, 1.54) is 0 Å². The van der Waals surface area contributed by atoms with E-state index in [2.05, 4.69) is 30.8 Å². The molecule has 0 atom stereocenters. The molecule has 8 heteroatoms. The number of aromatic amines is 1. The van der Waals surface area contributed by atoms with Gasteiger partial charge in [0.25, 0.3) is 0 Å². The second kappa shape index (κ2) is 9.39. The highest BCUT2D eigenvalue weighted by molar-refractivity contribution is 5.80. The van der Waals surface area contributed by atoms with Gasteiger partial charge in [-0.3, -0.25) is 9.89 Å². The molecule has 1 amide bonds. The molecule has 3 heterocycles. The Labute approximate surface area is 176 Å². The van der Waals surface area contributed by atoms with Gasteiger partial charge in [0.15, 0.2) is 5.82 Å². The Morgan fingerprint density at radius 2 is 1.93 bits per heavy atom. The Morgan fingerprint density at radius 1 is 1.13 bits per heavy atom. The van der Waals surface area contributed by atoms with Crippen molar-refractivity contribution in [2.75, 3.05) is 30.3 Å². The second-order valence-corrected chi connectivity index (χ2v) is 7.70. The average molecular weight is 406 g/mol. The first-order chi connectivity index (χ1) is 14.7. The fraction of sp³-hybridized carbons (Fsp3) is 0.364. The van der Waals surface area contributed by atoms with Crippen LogP contribution in [-0.2, 0) is 11.2 Å². The lowest BCUT2D eigenvalue weighted by Gasteiger charge is -2.32. The highest BCUT2D eigenvalue weighted by Crippen LogP contribution is 2.22. The Bertz CT molecular complexity index is 964. The number of carbonyl (C=O) groups excluding carboxylic acids is 1. The number of nitrogens with zero attached hydrogens (tertiary/aromatic N) is 4. The summed E-state index contributed by atoms with van der Waals surface area (Å²) >= 11 is 0. The number of para-hydroxylation sites is 1. The lowest BCUT2D eigenvalue weighted by molar-refractivity contribution is -0.130.